The van der Waals surface area contributed by atoms with E-state index < -0.39 is 0 Å². The molecule has 1 saturated heterocycles. The standard InChI is InChI=1S/C9H17NO/c1-2-4-8(5-3-1)9-6-10-11-7-9/h8-10H,1-7H2. The Labute approximate surface area is 68.3 Å². The fraction of sp³-hybridized carbons (Fsp3) is 1.00. The summed E-state index contributed by atoms with van der Waals surface area (Å²) in [5.74, 6) is 1.77. The van der Waals surface area contributed by atoms with Gasteiger partial charge in [-0.3, -0.25) is 0 Å². The highest BCUT2D eigenvalue weighted by Gasteiger charge is 2.26. The summed E-state index contributed by atoms with van der Waals surface area (Å²) in [5, 5.41) is 0. The van der Waals surface area contributed by atoms with Gasteiger partial charge in [-0.05, 0) is 5.92 Å². The van der Waals surface area contributed by atoms with Crippen LogP contribution < -0.4 is 5.48 Å². The van der Waals surface area contributed by atoms with E-state index in [1.54, 1.807) is 0 Å². The van der Waals surface area contributed by atoms with Crippen molar-refractivity contribution in [3.8, 4) is 0 Å². The lowest BCUT2D eigenvalue weighted by Crippen LogP contribution is -2.21. The minimum atomic E-state index is 0.815. The van der Waals surface area contributed by atoms with Gasteiger partial charge in [-0.15, -0.1) is 0 Å². The van der Waals surface area contributed by atoms with Gasteiger partial charge in [0.05, 0.1) is 6.61 Å². The van der Waals surface area contributed by atoms with E-state index in [2.05, 4.69) is 5.48 Å². The molecule has 1 unspecified atom stereocenters. The summed E-state index contributed by atoms with van der Waals surface area (Å²) >= 11 is 0. The molecule has 0 amide bonds. The van der Waals surface area contributed by atoms with Crippen LogP contribution in [0.15, 0.2) is 0 Å². The van der Waals surface area contributed by atoms with Gasteiger partial charge in [-0.2, -0.15) is 0 Å². The van der Waals surface area contributed by atoms with Crippen molar-refractivity contribution in [1.29, 1.82) is 0 Å². The fourth-order valence-electron chi connectivity index (χ4n) is 2.30. The van der Waals surface area contributed by atoms with Gasteiger partial charge < -0.3 is 4.84 Å². The van der Waals surface area contributed by atoms with Gasteiger partial charge in [0, 0.05) is 12.5 Å². The lowest BCUT2D eigenvalue weighted by atomic mass is 9.81. The SMILES string of the molecule is C1CCC(C2CNOC2)CC1. The number of hydrogen-bond acceptors (Lipinski definition) is 2. The highest BCUT2D eigenvalue weighted by atomic mass is 16.7. The maximum atomic E-state index is 5.16. The first-order valence-corrected chi connectivity index (χ1v) is 4.81. The Bertz CT molecular complexity index is 115. The molecule has 2 fully saturated rings. The molecule has 0 aromatic carbocycles. The first-order chi connectivity index (χ1) is 5.47. The van der Waals surface area contributed by atoms with E-state index in [-0.39, 0.29) is 0 Å². The van der Waals surface area contributed by atoms with Gasteiger partial charge in [0.1, 0.15) is 0 Å². The number of nitrogens with one attached hydrogen (secondary N) is 1. The second-order valence-corrected chi connectivity index (χ2v) is 3.82. The van der Waals surface area contributed by atoms with Crippen molar-refractivity contribution in [3.05, 3.63) is 0 Å². The molecule has 1 atom stereocenters. The Balaban J connectivity index is 1.82. The molecule has 2 nitrogen and oxygen atoms in total. The number of hydrogen-bond donors (Lipinski definition) is 1. The second kappa shape index (κ2) is 3.55. The summed E-state index contributed by atoms with van der Waals surface area (Å²) in [5.41, 5.74) is 2.97. The lowest BCUT2D eigenvalue weighted by molar-refractivity contribution is 0.0898. The molecule has 0 spiro atoms. The van der Waals surface area contributed by atoms with E-state index in [9.17, 15) is 0 Å². The van der Waals surface area contributed by atoms with Crippen molar-refractivity contribution in [3.63, 3.8) is 0 Å². The summed E-state index contributed by atoms with van der Waals surface area (Å²) in [6, 6.07) is 0. The molecule has 1 aliphatic carbocycles. The van der Waals surface area contributed by atoms with Crippen molar-refractivity contribution in [1.82, 2.24) is 5.48 Å². The summed E-state index contributed by atoms with van der Waals surface area (Å²) < 4.78 is 0. The first kappa shape index (κ1) is 7.56. The molecule has 2 rings (SSSR count). The Kier molecular flexibility index (Phi) is 2.44. The van der Waals surface area contributed by atoms with Crippen LogP contribution in [0.1, 0.15) is 32.1 Å². The van der Waals surface area contributed by atoms with E-state index in [4.69, 9.17) is 4.84 Å². The van der Waals surface area contributed by atoms with Gasteiger partial charge in [-0.25, -0.2) is 5.48 Å². The summed E-state index contributed by atoms with van der Waals surface area (Å²) in [6.07, 6.45) is 7.23. The molecule has 1 saturated carbocycles. The Morgan fingerprint density at radius 2 is 1.82 bits per heavy atom. The van der Waals surface area contributed by atoms with E-state index in [0.29, 0.717) is 0 Å². The van der Waals surface area contributed by atoms with E-state index in [1.807, 2.05) is 0 Å². The molecule has 0 radical (unpaired) electrons. The Hall–Kier alpha value is -0.0800. The van der Waals surface area contributed by atoms with Crippen LogP contribution in [0.25, 0.3) is 0 Å². The molecule has 2 aliphatic rings. The zero-order chi connectivity index (χ0) is 7.52. The molecule has 0 aromatic heterocycles. The average molecular weight is 155 g/mol. The van der Waals surface area contributed by atoms with Crippen LogP contribution in [0, 0.1) is 11.8 Å². The van der Waals surface area contributed by atoms with Crippen LogP contribution >= 0.6 is 0 Å². The van der Waals surface area contributed by atoms with Gasteiger partial charge in [0.2, 0.25) is 0 Å². The molecule has 1 aliphatic heterocycles. The monoisotopic (exact) mass is 155 g/mol. The number of rotatable bonds is 1. The minimum Gasteiger partial charge on any atom is -0.301 e. The number of hydroxylamine groups is 1. The smallest absolute Gasteiger partial charge is 0.0726 e. The second-order valence-electron chi connectivity index (χ2n) is 3.82. The molecule has 1 heterocycles. The molecule has 11 heavy (non-hydrogen) atoms. The van der Waals surface area contributed by atoms with Gasteiger partial charge in [0.15, 0.2) is 0 Å². The third-order valence-electron chi connectivity index (χ3n) is 3.06. The largest absolute Gasteiger partial charge is 0.301 e. The molecular weight excluding hydrogens is 138 g/mol. The quantitative estimate of drug-likeness (QED) is 0.622. The molecule has 2 heteroatoms. The first-order valence-electron chi connectivity index (χ1n) is 4.81. The maximum absolute atomic E-state index is 5.16. The van der Waals surface area contributed by atoms with Gasteiger partial charge >= 0.3 is 0 Å². The molecule has 64 valence electrons. The van der Waals surface area contributed by atoms with Crippen molar-refractivity contribution in [2.45, 2.75) is 32.1 Å². The molecular formula is C9H17NO. The van der Waals surface area contributed by atoms with Crippen LogP contribution in [0.2, 0.25) is 0 Å². The fourth-order valence-corrected chi connectivity index (χ4v) is 2.30. The van der Waals surface area contributed by atoms with Gasteiger partial charge in [0.25, 0.3) is 0 Å². The highest BCUT2D eigenvalue weighted by molar-refractivity contribution is 4.76. The van der Waals surface area contributed by atoms with Crippen LogP contribution in [0.3, 0.4) is 0 Å². The van der Waals surface area contributed by atoms with Crippen LogP contribution in [-0.4, -0.2) is 13.2 Å². The van der Waals surface area contributed by atoms with Crippen LogP contribution in [-0.2, 0) is 4.84 Å². The summed E-state index contributed by atoms with van der Waals surface area (Å²) in [6.45, 7) is 2.04. The molecule has 0 aromatic rings. The third-order valence-corrected chi connectivity index (χ3v) is 3.06. The highest BCUT2D eigenvalue weighted by Crippen LogP contribution is 2.30. The normalized spacial score (nSPS) is 34.4. The maximum Gasteiger partial charge on any atom is 0.0726 e. The van der Waals surface area contributed by atoms with Gasteiger partial charge in [-0.1, -0.05) is 32.1 Å². The third kappa shape index (κ3) is 1.74. The molecule has 1 N–H and O–H groups in total. The van der Waals surface area contributed by atoms with Crippen LogP contribution in [0.5, 0.6) is 0 Å². The van der Waals surface area contributed by atoms with Crippen molar-refractivity contribution in [2.75, 3.05) is 13.2 Å². The Morgan fingerprint density at radius 3 is 2.45 bits per heavy atom. The average Bonchev–Trinajstić information content (AvgIpc) is 2.58. The van der Waals surface area contributed by atoms with E-state index >= 15 is 0 Å². The van der Waals surface area contributed by atoms with Crippen molar-refractivity contribution >= 4 is 0 Å². The lowest BCUT2D eigenvalue weighted by Gasteiger charge is -2.25. The predicted octanol–water partition coefficient (Wildman–Crippen LogP) is 1.72. The van der Waals surface area contributed by atoms with Crippen molar-refractivity contribution < 1.29 is 4.84 Å². The van der Waals surface area contributed by atoms with Crippen molar-refractivity contribution in [2.24, 2.45) is 11.8 Å². The Morgan fingerprint density at radius 1 is 1.00 bits per heavy atom. The van der Waals surface area contributed by atoms with Crippen LogP contribution in [0.4, 0.5) is 0 Å². The zero-order valence-corrected chi connectivity index (χ0v) is 7.01. The molecule has 0 bridgehead atoms. The summed E-state index contributed by atoms with van der Waals surface area (Å²) in [7, 11) is 0. The zero-order valence-electron chi connectivity index (χ0n) is 7.01. The topological polar surface area (TPSA) is 21.3 Å². The van der Waals surface area contributed by atoms with E-state index in [0.717, 1.165) is 25.0 Å². The van der Waals surface area contributed by atoms with E-state index in [1.165, 1.54) is 32.1 Å². The predicted molar refractivity (Wildman–Crippen MR) is 44.0 cm³/mol. The summed E-state index contributed by atoms with van der Waals surface area (Å²) in [4.78, 5) is 5.16. The minimum absolute atomic E-state index is 0.815.